The van der Waals surface area contributed by atoms with Crippen molar-refractivity contribution >= 4 is 0 Å². The highest BCUT2D eigenvalue weighted by Gasteiger charge is 2.20. The van der Waals surface area contributed by atoms with E-state index in [1.165, 1.54) is 30.5 Å². The van der Waals surface area contributed by atoms with Gasteiger partial charge in [-0.15, -0.1) is 0 Å². The third-order valence-electron chi connectivity index (χ3n) is 3.04. The Bertz CT molecular complexity index is 327. The fourth-order valence-electron chi connectivity index (χ4n) is 2.26. The van der Waals surface area contributed by atoms with Crippen molar-refractivity contribution in [2.24, 2.45) is 0 Å². The zero-order valence-electron chi connectivity index (χ0n) is 9.91. The van der Waals surface area contributed by atoms with Crippen molar-refractivity contribution in [2.45, 2.75) is 32.2 Å². The number of hydrogen-bond donors (Lipinski definition) is 1. The minimum atomic E-state index is 0.422. The van der Waals surface area contributed by atoms with Crippen LogP contribution in [0.5, 0.6) is 0 Å². The first kappa shape index (κ1) is 11.6. The lowest BCUT2D eigenvalue weighted by Gasteiger charge is -2.25. The molecular formula is C13H20N2O. The van der Waals surface area contributed by atoms with Crippen LogP contribution >= 0.6 is 0 Å². The Labute approximate surface area is 97.2 Å². The standard InChI is InChI=1S/C13H20N2O/c1-2-16-10-9-14-12-7-3-5-11-6-4-8-15-13(11)12/h4,6,8,12,14H,2-3,5,7,9-10H2,1H3. The van der Waals surface area contributed by atoms with E-state index in [0.717, 1.165) is 19.8 Å². The van der Waals surface area contributed by atoms with Gasteiger partial charge in [-0.25, -0.2) is 0 Å². The van der Waals surface area contributed by atoms with E-state index >= 15 is 0 Å². The summed E-state index contributed by atoms with van der Waals surface area (Å²) in [4.78, 5) is 4.50. The Morgan fingerprint density at radius 3 is 3.38 bits per heavy atom. The van der Waals surface area contributed by atoms with Crippen molar-refractivity contribution in [3.63, 3.8) is 0 Å². The van der Waals surface area contributed by atoms with Crippen molar-refractivity contribution in [3.8, 4) is 0 Å². The normalized spacial score (nSPS) is 19.4. The van der Waals surface area contributed by atoms with Crippen LogP contribution < -0.4 is 5.32 Å². The first-order valence-electron chi connectivity index (χ1n) is 6.16. The van der Waals surface area contributed by atoms with Crippen LogP contribution in [0.4, 0.5) is 0 Å². The molecule has 3 nitrogen and oxygen atoms in total. The molecule has 1 aliphatic carbocycles. The van der Waals surface area contributed by atoms with Crippen molar-refractivity contribution < 1.29 is 4.74 Å². The zero-order chi connectivity index (χ0) is 11.2. The maximum absolute atomic E-state index is 5.33. The van der Waals surface area contributed by atoms with E-state index in [1.54, 1.807) is 0 Å². The van der Waals surface area contributed by atoms with Crippen LogP contribution in [0.25, 0.3) is 0 Å². The molecule has 0 aliphatic heterocycles. The zero-order valence-corrected chi connectivity index (χ0v) is 9.91. The van der Waals surface area contributed by atoms with Gasteiger partial charge in [-0.3, -0.25) is 4.98 Å². The van der Waals surface area contributed by atoms with Crippen molar-refractivity contribution in [2.75, 3.05) is 19.8 Å². The van der Waals surface area contributed by atoms with E-state index in [0.29, 0.717) is 6.04 Å². The van der Waals surface area contributed by atoms with E-state index in [4.69, 9.17) is 4.74 Å². The van der Waals surface area contributed by atoms with E-state index in [-0.39, 0.29) is 0 Å². The highest BCUT2D eigenvalue weighted by molar-refractivity contribution is 5.25. The Kier molecular flexibility index (Phi) is 4.31. The number of hydrogen-bond acceptors (Lipinski definition) is 3. The van der Waals surface area contributed by atoms with Gasteiger partial charge in [-0.2, -0.15) is 0 Å². The Hall–Kier alpha value is -0.930. The van der Waals surface area contributed by atoms with Crippen LogP contribution in [0.15, 0.2) is 18.3 Å². The van der Waals surface area contributed by atoms with E-state index < -0.39 is 0 Å². The highest BCUT2D eigenvalue weighted by atomic mass is 16.5. The molecule has 0 spiro atoms. The predicted molar refractivity (Wildman–Crippen MR) is 64.4 cm³/mol. The molecule has 0 saturated carbocycles. The maximum atomic E-state index is 5.33. The SMILES string of the molecule is CCOCCNC1CCCc2cccnc21. The summed E-state index contributed by atoms with van der Waals surface area (Å²) in [5.74, 6) is 0. The number of rotatable bonds is 5. The van der Waals surface area contributed by atoms with Crippen LogP contribution in [-0.4, -0.2) is 24.7 Å². The molecule has 0 bridgehead atoms. The van der Waals surface area contributed by atoms with Crippen LogP contribution in [0, 0.1) is 0 Å². The predicted octanol–water partition coefficient (Wildman–Crippen LogP) is 2.09. The average molecular weight is 220 g/mol. The maximum Gasteiger partial charge on any atom is 0.0605 e. The van der Waals surface area contributed by atoms with Gasteiger partial charge in [0.15, 0.2) is 0 Å². The van der Waals surface area contributed by atoms with Gasteiger partial charge in [-0.05, 0) is 37.8 Å². The monoisotopic (exact) mass is 220 g/mol. The Balaban J connectivity index is 1.91. The summed E-state index contributed by atoms with van der Waals surface area (Å²) in [6, 6.07) is 4.64. The second-order valence-electron chi connectivity index (χ2n) is 4.14. The van der Waals surface area contributed by atoms with Gasteiger partial charge in [0.25, 0.3) is 0 Å². The highest BCUT2D eigenvalue weighted by Crippen LogP contribution is 2.27. The van der Waals surface area contributed by atoms with Gasteiger partial charge in [0.1, 0.15) is 0 Å². The molecule has 16 heavy (non-hydrogen) atoms. The van der Waals surface area contributed by atoms with Gasteiger partial charge in [-0.1, -0.05) is 6.07 Å². The first-order valence-corrected chi connectivity index (χ1v) is 6.16. The Morgan fingerprint density at radius 1 is 1.56 bits per heavy atom. The van der Waals surface area contributed by atoms with Gasteiger partial charge >= 0.3 is 0 Å². The fourth-order valence-corrected chi connectivity index (χ4v) is 2.26. The molecule has 3 heteroatoms. The van der Waals surface area contributed by atoms with Gasteiger partial charge < -0.3 is 10.1 Å². The summed E-state index contributed by atoms with van der Waals surface area (Å²) in [7, 11) is 0. The van der Waals surface area contributed by atoms with Crippen LogP contribution in [0.3, 0.4) is 0 Å². The summed E-state index contributed by atoms with van der Waals surface area (Å²) < 4.78 is 5.33. The number of ether oxygens (including phenoxy) is 1. The molecule has 0 radical (unpaired) electrons. The smallest absolute Gasteiger partial charge is 0.0605 e. The number of aromatic nitrogens is 1. The summed E-state index contributed by atoms with van der Waals surface area (Å²) in [5, 5.41) is 3.53. The van der Waals surface area contributed by atoms with E-state index in [2.05, 4.69) is 16.4 Å². The third kappa shape index (κ3) is 2.80. The van der Waals surface area contributed by atoms with Crippen LogP contribution in [0.1, 0.15) is 37.1 Å². The molecule has 1 N–H and O–H groups in total. The topological polar surface area (TPSA) is 34.1 Å². The number of pyridine rings is 1. The molecule has 1 heterocycles. The molecular weight excluding hydrogens is 200 g/mol. The molecule has 0 fully saturated rings. The van der Waals surface area contributed by atoms with Crippen LogP contribution in [-0.2, 0) is 11.2 Å². The molecule has 1 atom stereocenters. The minimum Gasteiger partial charge on any atom is -0.380 e. The van der Waals surface area contributed by atoms with Crippen molar-refractivity contribution in [1.82, 2.24) is 10.3 Å². The molecule has 1 unspecified atom stereocenters. The number of nitrogens with one attached hydrogen (secondary N) is 1. The molecule has 0 amide bonds. The lowest BCUT2D eigenvalue weighted by atomic mass is 9.92. The number of aryl methyl sites for hydroxylation is 1. The van der Waals surface area contributed by atoms with Crippen LogP contribution in [0.2, 0.25) is 0 Å². The van der Waals surface area contributed by atoms with Crippen molar-refractivity contribution in [1.29, 1.82) is 0 Å². The second kappa shape index (κ2) is 5.97. The average Bonchev–Trinajstić information content (AvgIpc) is 2.35. The molecule has 1 aliphatic rings. The van der Waals surface area contributed by atoms with Gasteiger partial charge in [0.05, 0.1) is 12.3 Å². The molecule has 88 valence electrons. The lowest BCUT2D eigenvalue weighted by molar-refractivity contribution is 0.146. The largest absolute Gasteiger partial charge is 0.380 e. The summed E-state index contributed by atoms with van der Waals surface area (Å²) >= 11 is 0. The molecule has 1 aromatic rings. The van der Waals surface area contributed by atoms with E-state index in [1.807, 2.05) is 19.2 Å². The summed E-state index contributed by atoms with van der Waals surface area (Å²) in [5.41, 5.74) is 2.65. The molecule has 0 aromatic carbocycles. The van der Waals surface area contributed by atoms with E-state index in [9.17, 15) is 0 Å². The molecule has 2 rings (SSSR count). The first-order chi connectivity index (χ1) is 7.92. The van der Waals surface area contributed by atoms with Gasteiger partial charge in [0, 0.05) is 25.4 Å². The molecule has 0 saturated heterocycles. The fraction of sp³-hybridized carbons (Fsp3) is 0.615. The Morgan fingerprint density at radius 2 is 2.50 bits per heavy atom. The number of nitrogens with zero attached hydrogens (tertiary/aromatic N) is 1. The number of fused-ring (bicyclic) bond motifs is 1. The van der Waals surface area contributed by atoms with Gasteiger partial charge in [0.2, 0.25) is 0 Å². The minimum absolute atomic E-state index is 0.422. The quantitative estimate of drug-likeness (QED) is 0.771. The second-order valence-corrected chi connectivity index (χ2v) is 4.14. The van der Waals surface area contributed by atoms with Crippen molar-refractivity contribution in [3.05, 3.63) is 29.6 Å². The third-order valence-corrected chi connectivity index (χ3v) is 3.04. The lowest BCUT2D eigenvalue weighted by Crippen LogP contribution is -2.29. The summed E-state index contributed by atoms with van der Waals surface area (Å²) in [6.45, 7) is 4.52. The summed E-state index contributed by atoms with van der Waals surface area (Å²) in [6.07, 6.45) is 5.51. The molecule has 1 aromatic heterocycles.